The summed E-state index contributed by atoms with van der Waals surface area (Å²) in [6.45, 7) is 0. The first kappa shape index (κ1) is 13.4. The second kappa shape index (κ2) is 6.21. The third-order valence-electron chi connectivity index (χ3n) is 2.62. The molecule has 0 aliphatic heterocycles. The van der Waals surface area contributed by atoms with E-state index in [0.717, 1.165) is 11.8 Å². The lowest BCUT2D eigenvalue weighted by Crippen LogP contribution is -2.05. The Hall–Kier alpha value is -2.05. The average Bonchev–Trinajstić information content (AvgIpc) is 2.47. The van der Waals surface area contributed by atoms with Crippen LogP contribution < -0.4 is 4.74 Å². The van der Waals surface area contributed by atoms with Gasteiger partial charge in [-0.15, -0.1) is 6.42 Å². The predicted octanol–water partition coefficient (Wildman–Crippen LogP) is 4.01. The number of benzene rings is 2. The third-order valence-corrected chi connectivity index (χ3v) is 3.47. The number of carbonyl (C=O) groups is 1. The van der Waals surface area contributed by atoms with Crippen molar-refractivity contribution >= 4 is 22.2 Å². The van der Waals surface area contributed by atoms with Gasteiger partial charge in [0.1, 0.15) is 5.75 Å². The number of aldehydes is 1. The second-order valence-corrected chi connectivity index (χ2v) is 4.65. The molecule has 0 aliphatic carbocycles. The maximum atomic E-state index is 10.9. The molecule has 0 radical (unpaired) electrons. The Balaban J connectivity index is 2.30. The molecule has 0 bridgehead atoms. The summed E-state index contributed by atoms with van der Waals surface area (Å²) in [7, 11) is 0. The maximum Gasteiger partial charge on any atom is 0.184 e. The number of rotatable bonds is 4. The molecule has 0 aliphatic rings. The Labute approximate surface area is 120 Å². The minimum atomic E-state index is -0.487. The summed E-state index contributed by atoms with van der Waals surface area (Å²) in [4.78, 5) is 10.9. The van der Waals surface area contributed by atoms with Gasteiger partial charge in [0.2, 0.25) is 0 Å². The highest BCUT2D eigenvalue weighted by molar-refractivity contribution is 9.10. The van der Waals surface area contributed by atoms with E-state index in [4.69, 9.17) is 11.2 Å². The van der Waals surface area contributed by atoms with Gasteiger partial charge in [-0.25, -0.2) is 0 Å². The number of halogens is 1. The van der Waals surface area contributed by atoms with Crippen molar-refractivity contribution in [2.24, 2.45) is 0 Å². The number of hydrogen-bond acceptors (Lipinski definition) is 2. The lowest BCUT2D eigenvalue weighted by Gasteiger charge is -2.15. The molecule has 2 rings (SSSR count). The van der Waals surface area contributed by atoms with Crippen LogP contribution >= 0.6 is 15.9 Å². The Bertz CT molecular complexity index is 614. The van der Waals surface area contributed by atoms with Gasteiger partial charge in [0, 0.05) is 11.1 Å². The van der Waals surface area contributed by atoms with E-state index in [9.17, 15) is 4.79 Å². The van der Waals surface area contributed by atoms with Gasteiger partial charge < -0.3 is 4.74 Å². The summed E-state index contributed by atoms with van der Waals surface area (Å²) in [6, 6.07) is 14.8. The fraction of sp³-hybridized carbons (Fsp3) is 0.0625. The summed E-state index contributed by atoms with van der Waals surface area (Å²) in [5, 5.41) is 0. The normalized spacial score (nSPS) is 11.4. The van der Waals surface area contributed by atoms with E-state index >= 15 is 0 Å². The van der Waals surface area contributed by atoms with Gasteiger partial charge in [0.15, 0.2) is 12.4 Å². The van der Waals surface area contributed by atoms with Gasteiger partial charge in [-0.1, -0.05) is 48.4 Å². The van der Waals surface area contributed by atoms with E-state index < -0.39 is 6.10 Å². The molecule has 3 heteroatoms. The summed E-state index contributed by atoms with van der Waals surface area (Å²) in [6.07, 6.45) is 5.79. The predicted molar refractivity (Wildman–Crippen MR) is 78.2 cm³/mol. The molecule has 2 nitrogen and oxygen atoms in total. The van der Waals surface area contributed by atoms with Gasteiger partial charge >= 0.3 is 0 Å². The molecule has 1 unspecified atom stereocenters. The van der Waals surface area contributed by atoms with Gasteiger partial charge in [-0.3, -0.25) is 4.79 Å². The van der Waals surface area contributed by atoms with Crippen LogP contribution in [0.4, 0.5) is 0 Å². The molecule has 0 heterocycles. The minimum absolute atomic E-state index is 0.487. The third kappa shape index (κ3) is 3.04. The fourth-order valence-corrected chi connectivity index (χ4v) is 2.11. The molecular weight excluding hydrogens is 304 g/mol. The summed E-state index contributed by atoms with van der Waals surface area (Å²) in [5.41, 5.74) is 1.43. The SMILES string of the molecule is C#CC(Oc1cccc(C=O)c1Br)c1ccccc1. The lowest BCUT2D eigenvalue weighted by atomic mass is 10.1. The van der Waals surface area contributed by atoms with E-state index in [0.29, 0.717) is 15.8 Å². The number of terminal acetylenes is 1. The molecule has 2 aromatic carbocycles. The topological polar surface area (TPSA) is 26.3 Å². The van der Waals surface area contributed by atoms with Crippen molar-refractivity contribution in [2.45, 2.75) is 6.10 Å². The summed E-state index contributed by atoms with van der Waals surface area (Å²) < 4.78 is 6.39. The van der Waals surface area contributed by atoms with Gasteiger partial charge in [-0.05, 0) is 22.0 Å². The smallest absolute Gasteiger partial charge is 0.184 e. The largest absolute Gasteiger partial charge is 0.472 e. The molecule has 0 aromatic heterocycles. The van der Waals surface area contributed by atoms with Crippen molar-refractivity contribution in [3.8, 4) is 18.1 Å². The van der Waals surface area contributed by atoms with Crippen molar-refractivity contribution in [2.75, 3.05) is 0 Å². The molecule has 0 saturated carbocycles. The highest BCUT2D eigenvalue weighted by Crippen LogP contribution is 2.31. The van der Waals surface area contributed by atoms with Crippen molar-refractivity contribution in [1.82, 2.24) is 0 Å². The van der Waals surface area contributed by atoms with Crippen LogP contribution in [0.1, 0.15) is 22.0 Å². The van der Waals surface area contributed by atoms with Crippen LogP contribution in [0, 0.1) is 12.3 Å². The first-order valence-electron chi connectivity index (χ1n) is 5.67. The Morgan fingerprint density at radius 2 is 1.89 bits per heavy atom. The maximum absolute atomic E-state index is 10.9. The molecule has 0 N–H and O–H groups in total. The summed E-state index contributed by atoms with van der Waals surface area (Å²) in [5.74, 6) is 3.15. The minimum Gasteiger partial charge on any atom is -0.472 e. The first-order valence-corrected chi connectivity index (χ1v) is 6.47. The van der Waals surface area contributed by atoms with Gasteiger partial charge in [0.05, 0.1) is 4.47 Å². The molecule has 94 valence electrons. The van der Waals surface area contributed by atoms with Crippen LogP contribution in [0.5, 0.6) is 5.75 Å². The van der Waals surface area contributed by atoms with Crippen LogP contribution in [-0.2, 0) is 0 Å². The Kier molecular flexibility index (Phi) is 4.38. The zero-order chi connectivity index (χ0) is 13.7. The van der Waals surface area contributed by atoms with E-state index in [1.54, 1.807) is 18.2 Å². The zero-order valence-electron chi connectivity index (χ0n) is 10.0. The monoisotopic (exact) mass is 314 g/mol. The van der Waals surface area contributed by atoms with Crippen LogP contribution in [0.25, 0.3) is 0 Å². The number of hydrogen-bond donors (Lipinski definition) is 0. The number of ether oxygens (including phenoxy) is 1. The van der Waals surface area contributed by atoms with E-state index in [2.05, 4.69) is 21.9 Å². The van der Waals surface area contributed by atoms with Crippen LogP contribution in [0.3, 0.4) is 0 Å². The van der Waals surface area contributed by atoms with Crippen LogP contribution in [0.2, 0.25) is 0 Å². The molecule has 0 saturated heterocycles. The molecule has 0 fully saturated rings. The lowest BCUT2D eigenvalue weighted by molar-refractivity contribution is 0.112. The second-order valence-electron chi connectivity index (χ2n) is 3.85. The van der Waals surface area contributed by atoms with E-state index in [-0.39, 0.29) is 0 Å². The number of carbonyl (C=O) groups excluding carboxylic acids is 1. The standard InChI is InChI=1S/C16H11BrO2/c1-2-14(12-7-4-3-5-8-12)19-15-10-6-9-13(11-18)16(15)17/h1,3-11,14H. The summed E-state index contributed by atoms with van der Waals surface area (Å²) >= 11 is 3.35. The highest BCUT2D eigenvalue weighted by atomic mass is 79.9. The van der Waals surface area contributed by atoms with Crippen molar-refractivity contribution in [3.05, 3.63) is 64.1 Å². The van der Waals surface area contributed by atoms with Crippen molar-refractivity contribution < 1.29 is 9.53 Å². The zero-order valence-corrected chi connectivity index (χ0v) is 11.6. The van der Waals surface area contributed by atoms with E-state index in [1.807, 2.05) is 30.3 Å². The molecule has 2 aromatic rings. The molecule has 19 heavy (non-hydrogen) atoms. The highest BCUT2D eigenvalue weighted by Gasteiger charge is 2.13. The fourth-order valence-electron chi connectivity index (χ4n) is 1.66. The van der Waals surface area contributed by atoms with Crippen LogP contribution in [-0.4, -0.2) is 6.29 Å². The molecular formula is C16H11BrO2. The van der Waals surface area contributed by atoms with Gasteiger partial charge in [-0.2, -0.15) is 0 Å². The molecule has 0 amide bonds. The Morgan fingerprint density at radius 3 is 2.53 bits per heavy atom. The van der Waals surface area contributed by atoms with Crippen LogP contribution in [0.15, 0.2) is 53.0 Å². The van der Waals surface area contributed by atoms with E-state index in [1.165, 1.54) is 0 Å². The Morgan fingerprint density at radius 1 is 1.16 bits per heavy atom. The van der Waals surface area contributed by atoms with Gasteiger partial charge in [0.25, 0.3) is 0 Å². The average molecular weight is 315 g/mol. The van der Waals surface area contributed by atoms with Crippen molar-refractivity contribution in [1.29, 1.82) is 0 Å². The first-order chi connectivity index (χ1) is 9.26. The van der Waals surface area contributed by atoms with Crippen molar-refractivity contribution in [3.63, 3.8) is 0 Å². The molecule has 1 atom stereocenters. The quantitative estimate of drug-likeness (QED) is 0.629. The molecule has 0 spiro atoms.